The van der Waals surface area contributed by atoms with E-state index in [0.29, 0.717) is 17.3 Å². The summed E-state index contributed by atoms with van der Waals surface area (Å²) in [6.07, 6.45) is 5.87. The molecule has 2 bridgehead atoms. The van der Waals surface area contributed by atoms with E-state index in [2.05, 4.69) is 51.5 Å². The molecule has 0 saturated carbocycles. The van der Waals surface area contributed by atoms with Crippen LogP contribution in [0.2, 0.25) is 0 Å². The van der Waals surface area contributed by atoms with E-state index in [1.54, 1.807) is 12.1 Å². The average molecular weight is 465 g/mol. The lowest BCUT2D eigenvalue weighted by molar-refractivity contribution is 0.207. The van der Waals surface area contributed by atoms with Gasteiger partial charge in [-0.05, 0) is 63.8 Å². The summed E-state index contributed by atoms with van der Waals surface area (Å²) < 4.78 is 20.0. The highest BCUT2D eigenvalue weighted by Gasteiger charge is 2.49. The van der Waals surface area contributed by atoms with Crippen LogP contribution in [0.15, 0.2) is 36.5 Å². The molecule has 2 aromatic heterocycles. The SMILES string of the molecule is COc1cc(-c2cc(O)c(-c3ccc(N(C)C4C[C@]5(C)CC[C@](C)(C4)N5)nn3)cc2F)cnn1. The molecule has 0 aliphatic carbocycles. The van der Waals surface area contributed by atoms with Crippen molar-refractivity contribution in [3.63, 3.8) is 0 Å². The molecule has 2 aliphatic rings. The maximum Gasteiger partial charge on any atom is 0.233 e. The van der Waals surface area contributed by atoms with Gasteiger partial charge in [0.2, 0.25) is 5.88 Å². The van der Waals surface area contributed by atoms with Crippen LogP contribution in [0, 0.1) is 5.82 Å². The Hall–Kier alpha value is -3.33. The number of methoxy groups -OCH3 is 1. The molecule has 1 aromatic carbocycles. The summed E-state index contributed by atoms with van der Waals surface area (Å²) in [6.45, 7) is 4.60. The molecular weight excluding hydrogens is 435 g/mol. The van der Waals surface area contributed by atoms with Crippen molar-refractivity contribution < 1.29 is 14.2 Å². The van der Waals surface area contributed by atoms with Crippen LogP contribution in [0.1, 0.15) is 39.5 Å². The van der Waals surface area contributed by atoms with Crippen LogP contribution in [0.25, 0.3) is 22.4 Å². The highest BCUT2D eigenvalue weighted by molar-refractivity contribution is 5.75. The van der Waals surface area contributed by atoms with E-state index in [0.717, 1.165) is 18.7 Å². The first-order valence-electron chi connectivity index (χ1n) is 11.4. The molecule has 34 heavy (non-hydrogen) atoms. The first-order chi connectivity index (χ1) is 16.2. The van der Waals surface area contributed by atoms with Crippen LogP contribution >= 0.6 is 0 Å². The van der Waals surface area contributed by atoms with Gasteiger partial charge in [-0.3, -0.25) is 0 Å². The zero-order valence-electron chi connectivity index (χ0n) is 19.8. The number of phenols is 1. The van der Waals surface area contributed by atoms with Crippen LogP contribution in [0.4, 0.5) is 10.2 Å². The number of nitrogens with one attached hydrogen (secondary N) is 1. The molecule has 3 aromatic rings. The number of hydrogen-bond donors (Lipinski definition) is 2. The smallest absolute Gasteiger partial charge is 0.233 e. The highest BCUT2D eigenvalue weighted by atomic mass is 19.1. The van der Waals surface area contributed by atoms with Gasteiger partial charge in [0, 0.05) is 46.9 Å². The summed E-state index contributed by atoms with van der Waals surface area (Å²) in [6, 6.07) is 8.17. The number of aromatic hydroxyl groups is 1. The topological polar surface area (TPSA) is 96.3 Å². The Kier molecular flexibility index (Phi) is 5.39. The minimum absolute atomic E-state index is 0.0987. The minimum Gasteiger partial charge on any atom is -0.507 e. The Morgan fingerprint density at radius 3 is 2.44 bits per heavy atom. The molecule has 2 aliphatic heterocycles. The number of halogens is 1. The van der Waals surface area contributed by atoms with Crippen molar-refractivity contribution in [3.05, 3.63) is 42.3 Å². The Morgan fingerprint density at radius 1 is 1.06 bits per heavy atom. The molecule has 0 radical (unpaired) electrons. The third-order valence-electron chi connectivity index (χ3n) is 7.28. The van der Waals surface area contributed by atoms with Gasteiger partial charge in [-0.1, -0.05) is 0 Å². The molecule has 2 fully saturated rings. The number of anilines is 1. The second-order valence-corrected chi connectivity index (χ2v) is 10.0. The number of rotatable bonds is 5. The fraction of sp³-hybridized carbons (Fsp3) is 0.440. The van der Waals surface area contributed by atoms with Gasteiger partial charge in [-0.2, -0.15) is 5.10 Å². The maximum atomic E-state index is 15.0. The number of hydrogen-bond acceptors (Lipinski definition) is 8. The van der Waals surface area contributed by atoms with Gasteiger partial charge in [-0.25, -0.2) is 4.39 Å². The fourth-order valence-electron chi connectivity index (χ4n) is 5.52. The second kappa shape index (κ2) is 8.16. The van der Waals surface area contributed by atoms with E-state index in [9.17, 15) is 9.50 Å². The number of ether oxygens (including phenoxy) is 1. The Morgan fingerprint density at radius 2 is 1.79 bits per heavy atom. The molecule has 0 amide bonds. The number of piperidine rings is 1. The summed E-state index contributed by atoms with van der Waals surface area (Å²) >= 11 is 0. The van der Waals surface area contributed by atoms with Crippen molar-refractivity contribution in [3.8, 4) is 34.0 Å². The van der Waals surface area contributed by atoms with Crippen molar-refractivity contribution in [2.45, 2.75) is 56.7 Å². The summed E-state index contributed by atoms with van der Waals surface area (Å²) in [7, 11) is 3.51. The first-order valence-corrected chi connectivity index (χ1v) is 11.4. The molecule has 4 heterocycles. The van der Waals surface area contributed by atoms with Crippen molar-refractivity contribution in [2.24, 2.45) is 0 Å². The second-order valence-electron chi connectivity index (χ2n) is 10.0. The number of fused-ring (bicyclic) bond motifs is 2. The minimum atomic E-state index is -0.516. The lowest BCUT2D eigenvalue weighted by atomic mass is 9.84. The third kappa shape index (κ3) is 4.04. The lowest BCUT2D eigenvalue weighted by Gasteiger charge is -2.45. The monoisotopic (exact) mass is 464 g/mol. The molecule has 1 unspecified atom stereocenters. The number of phenolic OH excluding ortho intramolecular Hbond substituents is 1. The van der Waals surface area contributed by atoms with Crippen LogP contribution < -0.4 is 15.0 Å². The van der Waals surface area contributed by atoms with E-state index in [-0.39, 0.29) is 33.8 Å². The average Bonchev–Trinajstić information content (AvgIpc) is 3.06. The Bertz CT molecular complexity index is 1200. The van der Waals surface area contributed by atoms with Crippen LogP contribution in [-0.2, 0) is 0 Å². The van der Waals surface area contributed by atoms with E-state index in [4.69, 9.17) is 4.74 Å². The molecule has 178 valence electrons. The number of benzene rings is 1. The van der Waals surface area contributed by atoms with E-state index >= 15 is 0 Å². The quantitative estimate of drug-likeness (QED) is 0.586. The number of nitrogens with zero attached hydrogens (tertiary/aromatic N) is 5. The standard InChI is InChI=1S/C25H29FN6O2/c1-24-7-8-25(2,31-24)13-16(12-24)32(3)22-6-5-20(28-29-22)18-10-19(26)17(11-21(18)33)15-9-23(34-4)30-27-14-15/h5-6,9-11,14,16,31,33H,7-8,12-13H2,1-4H3/t16?,24-,25+. The summed E-state index contributed by atoms with van der Waals surface area (Å²) in [5, 5.41) is 30.8. The summed E-state index contributed by atoms with van der Waals surface area (Å²) in [4.78, 5) is 2.19. The fourth-order valence-corrected chi connectivity index (χ4v) is 5.52. The van der Waals surface area contributed by atoms with Gasteiger partial charge in [0.15, 0.2) is 5.82 Å². The molecule has 9 heteroatoms. The molecular formula is C25H29FN6O2. The highest BCUT2D eigenvalue weighted by Crippen LogP contribution is 2.44. The Labute approximate surface area is 198 Å². The lowest BCUT2D eigenvalue weighted by Crippen LogP contribution is -2.58. The van der Waals surface area contributed by atoms with Gasteiger partial charge in [-0.15, -0.1) is 15.3 Å². The van der Waals surface area contributed by atoms with Gasteiger partial charge in [0.25, 0.3) is 0 Å². The third-order valence-corrected chi connectivity index (χ3v) is 7.28. The zero-order valence-corrected chi connectivity index (χ0v) is 19.8. The van der Waals surface area contributed by atoms with Crippen molar-refractivity contribution in [1.29, 1.82) is 0 Å². The Balaban J connectivity index is 1.39. The first kappa shape index (κ1) is 22.5. The van der Waals surface area contributed by atoms with Gasteiger partial charge >= 0.3 is 0 Å². The van der Waals surface area contributed by atoms with Gasteiger partial charge < -0.3 is 20.1 Å². The normalized spacial score (nSPS) is 25.9. The van der Waals surface area contributed by atoms with Gasteiger partial charge in [0.1, 0.15) is 11.6 Å². The van der Waals surface area contributed by atoms with Crippen molar-refractivity contribution in [1.82, 2.24) is 25.7 Å². The van der Waals surface area contributed by atoms with Gasteiger partial charge in [0.05, 0.1) is 19.0 Å². The summed E-state index contributed by atoms with van der Waals surface area (Å²) in [5.74, 6) is 0.403. The van der Waals surface area contributed by atoms with E-state index in [1.165, 1.54) is 38.3 Å². The summed E-state index contributed by atoms with van der Waals surface area (Å²) in [5.41, 5.74) is 1.62. The van der Waals surface area contributed by atoms with Crippen molar-refractivity contribution >= 4 is 5.82 Å². The van der Waals surface area contributed by atoms with Crippen LogP contribution in [0.3, 0.4) is 0 Å². The number of aromatic nitrogens is 4. The van der Waals surface area contributed by atoms with Crippen LogP contribution in [-0.4, -0.2) is 56.8 Å². The van der Waals surface area contributed by atoms with Crippen LogP contribution in [0.5, 0.6) is 11.6 Å². The van der Waals surface area contributed by atoms with E-state index < -0.39 is 5.82 Å². The molecule has 0 spiro atoms. The molecule has 5 rings (SSSR count). The molecule has 3 atom stereocenters. The zero-order chi connectivity index (χ0) is 24.1. The molecule has 2 saturated heterocycles. The predicted molar refractivity (Wildman–Crippen MR) is 127 cm³/mol. The molecule has 2 N–H and O–H groups in total. The largest absolute Gasteiger partial charge is 0.507 e. The predicted octanol–water partition coefficient (Wildman–Crippen LogP) is 3.95. The van der Waals surface area contributed by atoms with E-state index in [1.807, 2.05) is 6.07 Å². The molecule has 8 nitrogen and oxygen atoms in total. The van der Waals surface area contributed by atoms with Crippen molar-refractivity contribution in [2.75, 3.05) is 19.1 Å². The maximum absolute atomic E-state index is 15.0.